The molecule has 0 spiro atoms. The third-order valence-electron chi connectivity index (χ3n) is 4.59. The van der Waals surface area contributed by atoms with Crippen LogP contribution in [0.5, 0.6) is 17.4 Å². The predicted octanol–water partition coefficient (Wildman–Crippen LogP) is 3.99. The first-order chi connectivity index (χ1) is 13.8. The van der Waals surface area contributed by atoms with Crippen LogP contribution in [0.3, 0.4) is 0 Å². The van der Waals surface area contributed by atoms with Crippen LogP contribution in [0.15, 0.2) is 46.2 Å². The third kappa shape index (κ3) is 4.07. The summed E-state index contributed by atoms with van der Waals surface area (Å²) in [6.07, 6.45) is 1.28. The Morgan fingerprint density at radius 2 is 1.86 bits per heavy atom. The molecule has 0 radical (unpaired) electrons. The summed E-state index contributed by atoms with van der Waals surface area (Å²) < 4.78 is 12.0. The molecule has 0 saturated carbocycles. The first-order valence-corrected chi connectivity index (χ1v) is 9.18. The van der Waals surface area contributed by atoms with Crippen molar-refractivity contribution in [3.63, 3.8) is 0 Å². The molecule has 2 N–H and O–H groups in total. The maximum Gasteiger partial charge on any atom is 0.264 e. The Kier molecular flexibility index (Phi) is 5.84. The second-order valence-electron chi connectivity index (χ2n) is 6.40. The van der Waals surface area contributed by atoms with Crippen molar-refractivity contribution in [2.75, 3.05) is 14.2 Å². The van der Waals surface area contributed by atoms with Crippen molar-refractivity contribution in [2.24, 2.45) is 4.99 Å². The van der Waals surface area contributed by atoms with Gasteiger partial charge < -0.3 is 14.6 Å². The van der Waals surface area contributed by atoms with Crippen molar-refractivity contribution in [3.05, 3.63) is 68.2 Å². The zero-order valence-corrected chi connectivity index (χ0v) is 17.3. The molecule has 0 atom stereocenters. The predicted molar refractivity (Wildman–Crippen MR) is 115 cm³/mol. The van der Waals surface area contributed by atoms with E-state index in [1.807, 2.05) is 32.0 Å². The average molecular weight is 411 g/mol. The zero-order valence-electron chi connectivity index (χ0n) is 16.5. The SMILES string of the molecule is COc1ccc(N=Cc2c(O)n(-c3ccc(C)c(C)c3)c(=S)[nH]c2=O)c(OC)c1. The highest BCUT2D eigenvalue weighted by atomic mass is 32.1. The molecule has 0 saturated heterocycles. The van der Waals surface area contributed by atoms with Gasteiger partial charge in [0.25, 0.3) is 5.56 Å². The van der Waals surface area contributed by atoms with Gasteiger partial charge in [0, 0.05) is 12.3 Å². The molecular weight excluding hydrogens is 390 g/mol. The van der Waals surface area contributed by atoms with E-state index in [2.05, 4.69) is 9.98 Å². The first-order valence-electron chi connectivity index (χ1n) is 8.77. The number of aromatic hydroxyl groups is 1. The Balaban J connectivity index is 2.12. The lowest BCUT2D eigenvalue weighted by atomic mass is 10.1. The van der Waals surface area contributed by atoms with Crippen molar-refractivity contribution in [2.45, 2.75) is 13.8 Å². The van der Waals surface area contributed by atoms with Crippen molar-refractivity contribution < 1.29 is 14.6 Å². The molecular formula is C21H21N3O4S. The van der Waals surface area contributed by atoms with Gasteiger partial charge in [0.2, 0.25) is 5.88 Å². The molecule has 150 valence electrons. The zero-order chi connectivity index (χ0) is 21.1. The van der Waals surface area contributed by atoms with Gasteiger partial charge in [-0.15, -0.1) is 0 Å². The molecule has 29 heavy (non-hydrogen) atoms. The average Bonchev–Trinajstić information content (AvgIpc) is 2.70. The second kappa shape index (κ2) is 8.32. The van der Waals surface area contributed by atoms with Crippen molar-refractivity contribution in [1.82, 2.24) is 9.55 Å². The highest BCUT2D eigenvalue weighted by Gasteiger charge is 2.13. The number of rotatable bonds is 5. The molecule has 1 heterocycles. The van der Waals surface area contributed by atoms with Gasteiger partial charge in [-0.25, -0.2) is 0 Å². The minimum atomic E-state index is -0.538. The minimum Gasteiger partial charge on any atom is -0.497 e. The van der Waals surface area contributed by atoms with E-state index >= 15 is 0 Å². The van der Waals surface area contributed by atoms with Crippen molar-refractivity contribution >= 4 is 24.1 Å². The molecule has 0 aliphatic carbocycles. The van der Waals surface area contributed by atoms with Crippen LogP contribution in [0.4, 0.5) is 5.69 Å². The summed E-state index contributed by atoms with van der Waals surface area (Å²) in [7, 11) is 3.06. The van der Waals surface area contributed by atoms with Crippen LogP contribution in [0.2, 0.25) is 0 Å². The van der Waals surface area contributed by atoms with Crippen molar-refractivity contribution in [1.29, 1.82) is 0 Å². The Morgan fingerprint density at radius 1 is 1.10 bits per heavy atom. The molecule has 0 unspecified atom stereocenters. The van der Waals surface area contributed by atoms with Gasteiger partial charge in [0.1, 0.15) is 22.7 Å². The fraction of sp³-hybridized carbons (Fsp3) is 0.190. The Morgan fingerprint density at radius 3 is 2.52 bits per heavy atom. The number of hydrogen-bond acceptors (Lipinski definition) is 6. The summed E-state index contributed by atoms with van der Waals surface area (Å²) in [6.45, 7) is 3.95. The molecule has 0 fully saturated rings. The molecule has 0 amide bonds. The summed E-state index contributed by atoms with van der Waals surface area (Å²) in [5, 5.41) is 10.8. The van der Waals surface area contributed by atoms with Gasteiger partial charge in [0.05, 0.1) is 19.9 Å². The van der Waals surface area contributed by atoms with Gasteiger partial charge in [-0.05, 0) is 61.5 Å². The number of benzene rings is 2. The van der Waals surface area contributed by atoms with E-state index in [-0.39, 0.29) is 16.2 Å². The summed E-state index contributed by atoms with van der Waals surface area (Å²) in [6, 6.07) is 10.7. The van der Waals surface area contributed by atoms with Crippen LogP contribution < -0.4 is 15.0 Å². The molecule has 1 aromatic heterocycles. The standard InChI is InChI=1S/C21H21N3O4S/c1-12-5-6-14(9-13(12)2)24-20(26)16(19(25)23-21(24)29)11-22-17-8-7-15(27-3)10-18(17)28-4/h5-11,26H,1-4H3,(H,23,25,29). The van der Waals surface area contributed by atoms with Crippen LogP contribution in [0.25, 0.3) is 5.69 Å². The van der Waals surface area contributed by atoms with Gasteiger partial charge >= 0.3 is 0 Å². The number of aromatic nitrogens is 2. The largest absolute Gasteiger partial charge is 0.497 e. The highest BCUT2D eigenvalue weighted by molar-refractivity contribution is 7.71. The van der Waals surface area contributed by atoms with E-state index in [1.165, 1.54) is 17.9 Å². The molecule has 7 nitrogen and oxygen atoms in total. The van der Waals surface area contributed by atoms with Gasteiger partial charge in [-0.3, -0.25) is 19.3 Å². The Labute approximate surface area is 172 Å². The first kappa shape index (κ1) is 20.3. The molecule has 0 aliphatic heterocycles. The van der Waals surface area contributed by atoms with Crippen LogP contribution in [0, 0.1) is 18.6 Å². The molecule has 3 aromatic rings. The summed E-state index contributed by atoms with van der Waals surface area (Å²) in [5.74, 6) is 0.793. The molecule has 0 aliphatic rings. The van der Waals surface area contributed by atoms with E-state index in [9.17, 15) is 9.90 Å². The number of nitrogens with one attached hydrogen (secondary N) is 1. The Hall–Kier alpha value is -3.39. The van der Waals surface area contributed by atoms with Gasteiger partial charge in [0.15, 0.2) is 4.77 Å². The fourth-order valence-electron chi connectivity index (χ4n) is 2.78. The number of aliphatic imine (C=N–C) groups is 1. The quantitative estimate of drug-likeness (QED) is 0.490. The molecule has 3 rings (SSSR count). The minimum absolute atomic E-state index is 0.0188. The van der Waals surface area contributed by atoms with E-state index in [0.717, 1.165) is 11.1 Å². The van der Waals surface area contributed by atoms with Gasteiger partial charge in [-0.1, -0.05) is 6.07 Å². The third-order valence-corrected chi connectivity index (χ3v) is 4.87. The number of methoxy groups -OCH3 is 2. The van der Waals surface area contributed by atoms with E-state index in [4.69, 9.17) is 21.7 Å². The van der Waals surface area contributed by atoms with Crippen molar-refractivity contribution in [3.8, 4) is 23.1 Å². The lowest BCUT2D eigenvalue weighted by molar-refractivity contribution is 0.395. The number of ether oxygens (including phenoxy) is 2. The lowest BCUT2D eigenvalue weighted by Gasteiger charge is -2.13. The molecule has 0 bridgehead atoms. The van der Waals surface area contributed by atoms with Crippen LogP contribution in [-0.2, 0) is 0 Å². The van der Waals surface area contributed by atoms with E-state index in [0.29, 0.717) is 22.9 Å². The number of nitrogens with zero attached hydrogens (tertiary/aromatic N) is 2. The monoisotopic (exact) mass is 411 g/mol. The smallest absolute Gasteiger partial charge is 0.264 e. The summed E-state index contributed by atoms with van der Waals surface area (Å²) in [4.78, 5) is 19.3. The van der Waals surface area contributed by atoms with Crippen LogP contribution in [0.1, 0.15) is 16.7 Å². The topological polar surface area (TPSA) is 88.8 Å². The number of hydrogen-bond donors (Lipinski definition) is 2. The normalized spacial score (nSPS) is 11.0. The van der Waals surface area contributed by atoms with Crippen LogP contribution >= 0.6 is 12.2 Å². The number of aromatic amines is 1. The Bertz CT molecular complexity index is 1210. The van der Waals surface area contributed by atoms with Gasteiger partial charge in [-0.2, -0.15) is 0 Å². The summed E-state index contributed by atoms with van der Waals surface area (Å²) >= 11 is 5.26. The summed E-state index contributed by atoms with van der Waals surface area (Å²) in [5.41, 5.74) is 2.71. The fourth-order valence-corrected chi connectivity index (χ4v) is 3.07. The lowest BCUT2D eigenvalue weighted by Crippen LogP contribution is -2.18. The molecule has 8 heteroatoms. The maximum atomic E-state index is 12.4. The number of H-pyrrole nitrogens is 1. The molecule has 2 aromatic carbocycles. The second-order valence-corrected chi connectivity index (χ2v) is 6.78. The maximum absolute atomic E-state index is 12.4. The number of aryl methyl sites for hydroxylation is 2. The van der Waals surface area contributed by atoms with E-state index in [1.54, 1.807) is 25.3 Å². The van der Waals surface area contributed by atoms with Crippen LogP contribution in [-0.4, -0.2) is 35.1 Å². The van der Waals surface area contributed by atoms with E-state index < -0.39 is 5.56 Å². The highest BCUT2D eigenvalue weighted by Crippen LogP contribution is 2.31.